The van der Waals surface area contributed by atoms with Crippen LogP contribution in [0.1, 0.15) is 0 Å². The van der Waals surface area contributed by atoms with E-state index in [2.05, 4.69) is 10.6 Å². The van der Waals surface area contributed by atoms with Gasteiger partial charge in [0.05, 0.1) is 10.7 Å². The fourth-order valence-electron chi connectivity index (χ4n) is 1.04. The molecule has 0 aromatic heterocycles. The molecule has 0 bridgehead atoms. The molecule has 0 heterocycles. The summed E-state index contributed by atoms with van der Waals surface area (Å²) >= 11 is 5.83. The van der Waals surface area contributed by atoms with Crippen LogP contribution in [-0.2, 0) is 0 Å². The topological polar surface area (TPSA) is 115 Å². The lowest BCUT2D eigenvalue weighted by molar-refractivity contribution is 0.254. The Kier molecular flexibility index (Phi) is 4.56. The van der Waals surface area contributed by atoms with Gasteiger partial charge in [0.1, 0.15) is 17.8 Å². The monoisotopic (exact) mass is 261 g/mol. The van der Waals surface area contributed by atoms with Crippen molar-refractivity contribution >= 4 is 23.3 Å². The normalized spacial score (nSPS) is 10.6. The van der Waals surface area contributed by atoms with Gasteiger partial charge >= 0.3 is 6.03 Å². The number of urea groups is 1. The van der Waals surface area contributed by atoms with Crippen molar-refractivity contribution in [1.82, 2.24) is 5.32 Å². The molecular formula is C11H8ClN5O. The minimum Gasteiger partial charge on any atom is -0.388 e. The van der Waals surface area contributed by atoms with E-state index in [1.807, 2.05) is 0 Å². The molecule has 0 spiro atoms. The summed E-state index contributed by atoms with van der Waals surface area (Å²) in [5.74, 6) is 0. The van der Waals surface area contributed by atoms with Crippen LogP contribution in [0.15, 0.2) is 35.7 Å². The molecule has 1 aromatic carbocycles. The van der Waals surface area contributed by atoms with Crippen molar-refractivity contribution in [3.63, 3.8) is 0 Å². The molecule has 4 N–H and O–H groups in total. The van der Waals surface area contributed by atoms with Gasteiger partial charge in [0.25, 0.3) is 0 Å². The number of benzene rings is 1. The molecule has 2 amide bonds. The summed E-state index contributed by atoms with van der Waals surface area (Å²) in [5, 5.41) is 22.1. The van der Waals surface area contributed by atoms with E-state index in [1.54, 1.807) is 36.4 Å². The SMILES string of the molecule is N#C/C(N)=C(/C#N)NC(=O)Nc1ccccc1Cl. The number of hydrogen-bond acceptors (Lipinski definition) is 4. The number of nitrogens with zero attached hydrogens (tertiary/aromatic N) is 2. The highest BCUT2D eigenvalue weighted by molar-refractivity contribution is 6.33. The summed E-state index contributed by atoms with van der Waals surface area (Å²) in [6.07, 6.45) is 0. The van der Waals surface area contributed by atoms with Crippen LogP contribution in [-0.4, -0.2) is 6.03 Å². The number of allylic oxidation sites excluding steroid dienone is 2. The highest BCUT2D eigenvalue weighted by atomic mass is 35.5. The Morgan fingerprint density at radius 2 is 1.94 bits per heavy atom. The Morgan fingerprint density at radius 1 is 1.28 bits per heavy atom. The molecule has 0 fully saturated rings. The second-order valence-electron chi connectivity index (χ2n) is 3.07. The fraction of sp³-hybridized carbons (Fsp3) is 0. The predicted octanol–water partition coefficient (Wildman–Crippen LogP) is 1.68. The number of nitriles is 2. The molecule has 18 heavy (non-hydrogen) atoms. The van der Waals surface area contributed by atoms with Gasteiger partial charge in [-0.25, -0.2) is 4.79 Å². The van der Waals surface area contributed by atoms with E-state index in [-0.39, 0.29) is 11.4 Å². The Labute approximate surface area is 108 Å². The highest BCUT2D eigenvalue weighted by Gasteiger charge is 2.09. The summed E-state index contributed by atoms with van der Waals surface area (Å²) in [5.41, 5.74) is 4.92. The van der Waals surface area contributed by atoms with Crippen LogP contribution in [0.25, 0.3) is 0 Å². The van der Waals surface area contributed by atoms with Gasteiger partial charge in [-0.15, -0.1) is 0 Å². The number of amides is 2. The first kappa shape index (κ1) is 13.4. The second kappa shape index (κ2) is 6.14. The average Bonchev–Trinajstić information content (AvgIpc) is 2.37. The van der Waals surface area contributed by atoms with Gasteiger partial charge in [0.2, 0.25) is 0 Å². The van der Waals surface area contributed by atoms with Crippen molar-refractivity contribution in [3.05, 3.63) is 40.7 Å². The van der Waals surface area contributed by atoms with Crippen molar-refractivity contribution in [1.29, 1.82) is 10.5 Å². The Morgan fingerprint density at radius 3 is 2.50 bits per heavy atom. The van der Waals surface area contributed by atoms with Crippen LogP contribution in [0.5, 0.6) is 0 Å². The van der Waals surface area contributed by atoms with Crippen LogP contribution in [0.2, 0.25) is 5.02 Å². The molecule has 7 heteroatoms. The Bertz CT molecular complexity index is 582. The minimum absolute atomic E-state index is 0.318. The first-order valence-corrected chi connectivity index (χ1v) is 5.08. The van der Waals surface area contributed by atoms with Crippen molar-refractivity contribution < 1.29 is 4.79 Å². The largest absolute Gasteiger partial charge is 0.388 e. The van der Waals surface area contributed by atoms with Crippen LogP contribution in [0, 0.1) is 22.7 Å². The smallest absolute Gasteiger partial charge is 0.324 e. The molecular weight excluding hydrogens is 254 g/mol. The van der Waals surface area contributed by atoms with Crippen LogP contribution in [0.3, 0.4) is 0 Å². The molecule has 0 aliphatic carbocycles. The molecule has 1 aromatic rings. The maximum atomic E-state index is 11.5. The van der Waals surface area contributed by atoms with Gasteiger partial charge in [0, 0.05) is 0 Å². The number of para-hydroxylation sites is 1. The first-order chi connectivity index (χ1) is 8.58. The van der Waals surface area contributed by atoms with E-state index in [4.69, 9.17) is 27.9 Å². The van der Waals surface area contributed by atoms with Crippen LogP contribution >= 0.6 is 11.6 Å². The van der Waals surface area contributed by atoms with Crippen molar-refractivity contribution in [3.8, 4) is 12.1 Å². The Balaban J connectivity index is 2.78. The van der Waals surface area contributed by atoms with Crippen LogP contribution < -0.4 is 16.4 Å². The number of carbonyl (C=O) groups is 1. The summed E-state index contributed by atoms with van der Waals surface area (Å²) in [7, 11) is 0. The number of nitrogens with two attached hydrogens (primary N) is 1. The van der Waals surface area contributed by atoms with E-state index in [0.29, 0.717) is 10.7 Å². The molecule has 0 saturated heterocycles. The predicted molar refractivity (Wildman–Crippen MR) is 66.0 cm³/mol. The maximum absolute atomic E-state index is 11.5. The van der Waals surface area contributed by atoms with Crippen LogP contribution in [0.4, 0.5) is 10.5 Å². The third kappa shape index (κ3) is 3.41. The molecule has 0 atom stereocenters. The lowest BCUT2D eigenvalue weighted by Crippen LogP contribution is -2.29. The fourth-order valence-corrected chi connectivity index (χ4v) is 1.22. The zero-order chi connectivity index (χ0) is 13.5. The number of halogens is 1. The van der Waals surface area contributed by atoms with E-state index < -0.39 is 6.03 Å². The molecule has 0 saturated carbocycles. The van der Waals surface area contributed by atoms with E-state index >= 15 is 0 Å². The average molecular weight is 262 g/mol. The molecule has 0 aliphatic rings. The number of anilines is 1. The highest BCUT2D eigenvalue weighted by Crippen LogP contribution is 2.20. The molecule has 90 valence electrons. The molecule has 1 rings (SSSR count). The summed E-state index contributed by atoms with van der Waals surface area (Å²) in [6.45, 7) is 0. The van der Waals surface area contributed by atoms with Gasteiger partial charge in [-0.2, -0.15) is 10.5 Å². The van der Waals surface area contributed by atoms with Crippen molar-refractivity contribution in [2.24, 2.45) is 5.73 Å². The number of rotatable bonds is 2. The van der Waals surface area contributed by atoms with Crippen molar-refractivity contribution in [2.75, 3.05) is 5.32 Å². The third-order valence-electron chi connectivity index (χ3n) is 1.86. The zero-order valence-corrected chi connectivity index (χ0v) is 9.82. The van der Waals surface area contributed by atoms with Gasteiger partial charge in [-0.1, -0.05) is 23.7 Å². The van der Waals surface area contributed by atoms with Gasteiger partial charge < -0.3 is 11.1 Å². The molecule has 0 radical (unpaired) electrons. The minimum atomic E-state index is -0.710. The lowest BCUT2D eigenvalue weighted by Gasteiger charge is -2.07. The molecule has 0 unspecified atom stereocenters. The number of hydrogen-bond donors (Lipinski definition) is 3. The summed E-state index contributed by atoms with van der Waals surface area (Å²) in [6, 6.07) is 9.05. The zero-order valence-electron chi connectivity index (χ0n) is 9.07. The quantitative estimate of drug-likeness (QED) is 0.703. The molecule has 6 nitrogen and oxygen atoms in total. The van der Waals surface area contributed by atoms with Gasteiger partial charge in [-0.05, 0) is 12.1 Å². The standard InChI is InChI=1S/C11H8ClN5O/c12-7-3-1-2-4-9(7)16-11(18)17-10(6-14)8(15)5-13/h1-4H,15H2,(H2,16,17,18)/b10-8+. The molecule has 0 aliphatic heterocycles. The van der Waals surface area contributed by atoms with E-state index in [9.17, 15) is 4.79 Å². The van der Waals surface area contributed by atoms with E-state index in [1.165, 1.54) is 0 Å². The maximum Gasteiger partial charge on any atom is 0.324 e. The summed E-state index contributed by atoms with van der Waals surface area (Å²) < 4.78 is 0. The van der Waals surface area contributed by atoms with Gasteiger partial charge in [-0.3, -0.25) is 5.32 Å². The second-order valence-corrected chi connectivity index (χ2v) is 3.48. The van der Waals surface area contributed by atoms with E-state index in [0.717, 1.165) is 0 Å². The first-order valence-electron chi connectivity index (χ1n) is 4.71. The van der Waals surface area contributed by atoms with Crippen molar-refractivity contribution in [2.45, 2.75) is 0 Å². The van der Waals surface area contributed by atoms with Gasteiger partial charge in [0.15, 0.2) is 5.70 Å². The number of carbonyl (C=O) groups excluding carboxylic acids is 1. The summed E-state index contributed by atoms with van der Waals surface area (Å²) in [4.78, 5) is 11.5. The third-order valence-corrected chi connectivity index (χ3v) is 2.19. The lowest BCUT2D eigenvalue weighted by atomic mass is 10.3. The number of nitrogens with one attached hydrogen (secondary N) is 2. The Hall–Kier alpha value is -2.70.